The summed E-state index contributed by atoms with van der Waals surface area (Å²) in [5.41, 5.74) is 5.82. The van der Waals surface area contributed by atoms with Crippen molar-refractivity contribution >= 4 is 11.7 Å². The van der Waals surface area contributed by atoms with E-state index in [2.05, 4.69) is 63.5 Å². The minimum atomic E-state index is -0.235. The van der Waals surface area contributed by atoms with Gasteiger partial charge in [0.2, 0.25) is 0 Å². The summed E-state index contributed by atoms with van der Waals surface area (Å²) < 4.78 is 1.72. The first-order valence-electron chi connectivity index (χ1n) is 12.4. The van der Waals surface area contributed by atoms with E-state index >= 15 is 0 Å². The molecule has 0 unspecified atom stereocenters. The van der Waals surface area contributed by atoms with Gasteiger partial charge in [0.05, 0.1) is 6.20 Å². The third kappa shape index (κ3) is 6.74. The van der Waals surface area contributed by atoms with Crippen LogP contribution >= 0.6 is 0 Å². The van der Waals surface area contributed by atoms with Crippen molar-refractivity contribution in [2.24, 2.45) is 10.9 Å². The summed E-state index contributed by atoms with van der Waals surface area (Å²) in [6.07, 6.45) is 13.2. The Labute approximate surface area is 207 Å². The van der Waals surface area contributed by atoms with Crippen LogP contribution in [0.2, 0.25) is 0 Å². The van der Waals surface area contributed by atoms with Gasteiger partial charge >= 0.3 is 0 Å². The average Bonchev–Trinajstić information content (AvgIpc) is 3.46. The molecule has 2 N–H and O–H groups in total. The molecule has 1 amide bonds. The van der Waals surface area contributed by atoms with Gasteiger partial charge in [-0.3, -0.25) is 19.5 Å². The first-order valence-corrected chi connectivity index (χ1v) is 12.4. The van der Waals surface area contributed by atoms with Gasteiger partial charge in [0, 0.05) is 43.3 Å². The van der Waals surface area contributed by atoms with Crippen molar-refractivity contribution in [3.8, 4) is 0 Å². The van der Waals surface area contributed by atoms with Gasteiger partial charge in [-0.1, -0.05) is 37.3 Å². The molecule has 0 atom stereocenters. The molecule has 2 aliphatic rings. The molecule has 1 fully saturated rings. The maximum absolute atomic E-state index is 12.4. The summed E-state index contributed by atoms with van der Waals surface area (Å²) in [6, 6.07) is 3.99. The van der Waals surface area contributed by atoms with Gasteiger partial charge in [-0.2, -0.15) is 0 Å². The fraction of sp³-hybridized carbons (Fsp3) is 0.444. The van der Waals surface area contributed by atoms with Gasteiger partial charge in [-0.25, -0.2) is 0 Å². The van der Waals surface area contributed by atoms with Crippen LogP contribution in [0.1, 0.15) is 73.6 Å². The number of allylic oxidation sites excluding steroid dienone is 3. The Morgan fingerprint density at radius 2 is 2.17 bits per heavy atom. The molecule has 184 valence electrons. The highest BCUT2D eigenvalue weighted by Gasteiger charge is 2.30. The Morgan fingerprint density at radius 1 is 1.34 bits per heavy atom. The Bertz CT molecular complexity index is 1150. The number of pyridine rings is 1. The summed E-state index contributed by atoms with van der Waals surface area (Å²) in [5, 5.41) is 14.4. The largest absolute Gasteiger partial charge is 0.346 e. The van der Waals surface area contributed by atoms with E-state index < -0.39 is 0 Å². The molecule has 4 rings (SSSR count). The van der Waals surface area contributed by atoms with E-state index in [1.165, 1.54) is 18.5 Å². The van der Waals surface area contributed by atoms with Crippen LogP contribution < -0.4 is 10.6 Å². The van der Waals surface area contributed by atoms with Crippen LogP contribution in [0.4, 0.5) is 0 Å². The summed E-state index contributed by atoms with van der Waals surface area (Å²) in [5.74, 6) is 1.76. The van der Waals surface area contributed by atoms with E-state index in [4.69, 9.17) is 0 Å². The molecule has 0 radical (unpaired) electrons. The fourth-order valence-corrected chi connectivity index (χ4v) is 3.97. The molecule has 1 aliphatic heterocycles. The molecule has 1 saturated carbocycles. The van der Waals surface area contributed by atoms with E-state index in [1.54, 1.807) is 17.1 Å². The van der Waals surface area contributed by atoms with Gasteiger partial charge in [0.1, 0.15) is 5.84 Å². The second-order valence-electron chi connectivity index (χ2n) is 9.58. The zero-order chi connectivity index (χ0) is 24.8. The molecule has 0 bridgehead atoms. The van der Waals surface area contributed by atoms with Crippen molar-refractivity contribution in [1.82, 2.24) is 30.6 Å². The molecule has 8 heteroatoms. The Morgan fingerprint density at radius 3 is 2.86 bits per heavy atom. The molecule has 1 aliphatic carbocycles. The van der Waals surface area contributed by atoms with Gasteiger partial charge in [0.15, 0.2) is 5.69 Å². The highest BCUT2D eigenvalue weighted by Crippen LogP contribution is 2.37. The van der Waals surface area contributed by atoms with Crippen LogP contribution in [-0.2, 0) is 13.1 Å². The summed E-state index contributed by atoms with van der Waals surface area (Å²) in [4.78, 5) is 21.2. The number of carbonyl (C=O) groups excluding carboxylic acids is 1. The first kappa shape index (κ1) is 24.6. The number of rotatable bonds is 11. The first-order chi connectivity index (χ1) is 16.9. The molecular weight excluding hydrogens is 438 g/mol. The fourth-order valence-electron chi connectivity index (χ4n) is 3.97. The number of nitrogens with one attached hydrogen (secondary N) is 2. The van der Waals surface area contributed by atoms with E-state index in [-0.39, 0.29) is 5.91 Å². The van der Waals surface area contributed by atoms with Crippen LogP contribution in [0, 0.1) is 5.92 Å². The number of aryl methyl sites for hydroxylation is 1. The third-order valence-corrected chi connectivity index (χ3v) is 6.25. The number of hydrogen-bond donors (Lipinski definition) is 2. The van der Waals surface area contributed by atoms with Crippen molar-refractivity contribution < 1.29 is 4.79 Å². The quantitative estimate of drug-likeness (QED) is 0.474. The van der Waals surface area contributed by atoms with Crippen molar-refractivity contribution in [1.29, 1.82) is 0 Å². The molecule has 35 heavy (non-hydrogen) atoms. The Hall–Kier alpha value is -3.55. The van der Waals surface area contributed by atoms with Crippen molar-refractivity contribution in [2.75, 3.05) is 7.05 Å². The van der Waals surface area contributed by atoms with E-state index in [1.807, 2.05) is 19.2 Å². The maximum Gasteiger partial charge on any atom is 0.273 e. The average molecular weight is 474 g/mol. The molecule has 8 nitrogen and oxygen atoms in total. The highest BCUT2D eigenvalue weighted by atomic mass is 16.2. The second kappa shape index (κ2) is 11.3. The lowest BCUT2D eigenvalue weighted by Gasteiger charge is -2.06. The topological polar surface area (TPSA) is 97.1 Å². The maximum atomic E-state index is 12.4. The van der Waals surface area contributed by atoms with Gasteiger partial charge in [-0.05, 0) is 67.7 Å². The van der Waals surface area contributed by atoms with Crippen LogP contribution in [0.25, 0.3) is 0 Å². The predicted molar refractivity (Wildman–Crippen MR) is 138 cm³/mol. The number of amides is 1. The second-order valence-corrected chi connectivity index (χ2v) is 9.58. The molecule has 0 saturated heterocycles. The smallest absolute Gasteiger partial charge is 0.273 e. The van der Waals surface area contributed by atoms with E-state index in [0.717, 1.165) is 47.5 Å². The zero-order valence-corrected chi connectivity index (χ0v) is 20.9. The number of unbranched alkanes of at least 4 members (excludes halogenated alkanes) is 1. The molecule has 3 heterocycles. The predicted octanol–water partition coefficient (Wildman–Crippen LogP) is 4.30. The van der Waals surface area contributed by atoms with Crippen LogP contribution in [0.3, 0.4) is 0 Å². The van der Waals surface area contributed by atoms with Gasteiger partial charge in [0.25, 0.3) is 5.91 Å². The molecule has 0 aromatic carbocycles. The third-order valence-electron chi connectivity index (χ3n) is 6.25. The molecule has 2 aromatic rings. The van der Waals surface area contributed by atoms with Crippen LogP contribution in [-0.4, -0.2) is 38.8 Å². The summed E-state index contributed by atoms with van der Waals surface area (Å²) in [7, 11) is 1.82. The Balaban J connectivity index is 1.18. The number of hydrogen-bond acceptors (Lipinski definition) is 5. The highest BCUT2D eigenvalue weighted by molar-refractivity contribution is 6.05. The number of aromatic nitrogens is 4. The minimum Gasteiger partial charge on any atom is -0.346 e. The van der Waals surface area contributed by atoms with Gasteiger partial charge in [-0.15, -0.1) is 5.10 Å². The van der Waals surface area contributed by atoms with Gasteiger partial charge < -0.3 is 10.6 Å². The lowest BCUT2D eigenvalue weighted by atomic mass is 10.1. The zero-order valence-electron chi connectivity index (χ0n) is 20.9. The molecule has 2 aromatic heterocycles. The van der Waals surface area contributed by atoms with E-state index in [9.17, 15) is 4.79 Å². The normalized spacial score (nSPS) is 17.7. The van der Waals surface area contributed by atoms with Crippen LogP contribution in [0.5, 0.6) is 0 Å². The molecule has 0 spiro atoms. The number of carbonyl (C=O) groups is 1. The monoisotopic (exact) mass is 473 g/mol. The summed E-state index contributed by atoms with van der Waals surface area (Å²) >= 11 is 0. The lowest BCUT2D eigenvalue weighted by molar-refractivity contribution is 0.0945. The van der Waals surface area contributed by atoms with Crippen molar-refractivity contribution in [3.05, 3.63) is 77.1 Å². The number of aliphatic imine (C=N–C) groups is 1. The van der Waals surface area contributed by atoms with Crippen molar-refractivity contribution in [2.45, 2.75) is 65.0 Å². The summed E-state index contributed by atoms with van der Waals surface area (Å²) in [6.45, 7) is 9.55. The lowest BCUT2D eigenvalue weighted by Crippen LogP contribution is -2.23. The van der Waals surface area contributed by atoms with E-state index in [0.29, 0.717) is 30.6 Å². The number of amidine groups is 1. The Kier molecular flexibility index (Phi) is 7.90. The minimum absolute atomic E-state index is 0.235. The number of nitrogens with zero attached hydrogens (tertiary/aromatic N) is 5. The molecular formula is C27H35N7O. The standard InChI is InChI=1S/C27H35N7O/c1-18(2)23-11-8-20(15-29-23)16-30-27(35)25-17-34(33-32-25)12-6-5-7-19(3)13-22-14-24(21-9-10-21)31-26(22)28-4/h8,11,13-15,17-18,21H,3,5-7,9-10,12,16H2,1-2,4H3,(H,28,31)(H,30,35)/b22-13-. The van der Waals surface area contributed by atoms with Crippen molar-refractivity contribution in [3.63, 3.8) is 0 Å². The van der Waals surface area contributed by atoms with Crippen LogP contribution in [0.15, 0.2) is 65.1 Å². The SMILES string of the molecule is C=C(/C=C1/C=C(C2CC2)NC1=NC)CCCCn1cc(C(=O)NCc2ccc(C(C)C)nc2)nn1.